The Bertz CT molecular complexity index is 550. The normalized spacial score (nSPS) is 20.3. The number of imidazole rings is 1. The van der Waals surface area contributed by atoms with Crippen LogP contribution in [0, 0.1) is 5.92 Å². The highest BCUT2D eigenvalue weighted by molar-refractivity contribution is 5.76. The van der Waals surface area contributed by atoms with E-state index in [4.69, 9.17) is 4.98 Å². The number of nitrogens with one attached hydrogen (secondary N) is 2. The highest BCUT2D eigenvalue weighted by atomic mass is 14.9. The van der Waals surface area contributed by atoms with E-state index in [-0.39, 0.29) is 0 Å². The van der Waals surface area contributed by atoms with Crippen molar-refractivity contribution in [3.05, 3.63) is 29.6 Å². The molecule has 1 unspecified atom stereocenters. The Labute approximate surface area is 114 Å². The predicted molar refractivity (Wildman–Crippen MR) is 79.5 cm³/mol. The van der Waals surface area contributed by atoms with E-state index in [9.17, 15) is 0 Å². The number of hydrogen-bond acceptors (Lipinski definition) is 2. The van der Waals surface area contributed by atoms with Gasteiger partial charge in [0.05, 0.1) is 11.0 Å². The van der Waals surface area contributed by atoms with Gasteiger partial charge in [0.2, 0.25) is 0 Å². The van der Waals surface area contributed by atoms with Gasteiger partial charge in [-0.25, -0.2) is 4.98 Å². The van der Waals surface area contributed by atoms with Gasteiger partial charge in [0.25, 0.3) is 0 Å². The molecular weight excluding hydrogens is 234 g/mol. The van der Waals surface area contributed by atoms with Crippen LogP contribution in [0.25, 0.3) is 11.0 Å². The quantitative estimate of drug-likeness (QED) is 0.886. The van der Waals surface area contributed by atoms with Crippen LogP contribution in [0.3, 0.4) is 0 Å². The molecule has 3 rings (SSSR count). The number of H-pyrrole nitrogens is 1. The summed E-state index contributed by atoms with van der Waals surface area (Å²) in [4.78, 5) is 8.22. The number of benzene rings is 1. The van der Waals surface area contributed by atoms with E-state index < -0.39 is 0 Å². The maximum atomic E-state index is 4.72. The second-order valence-corrected chi connectivity index (χ2v) is 6.03. The smallest absolute Gasteiger partial charge is 0.107 e. The third-order valence-corrected chi connectivity index (χ3v) is 4.10. The molecule has 2 N–H and O–H groups in total. The Morgan fingerprint density at radius 3 is 3.00 bits per heavy atom. The van der Waals surface area contributed by atoms with Gasteiger partial charge in [-0.15, -0.1) is 0 Å². The molecule has 3 heteroatoms. The lowest BCUT2D eigenvalue weighted by atomic mass is 9.96. The minimum absolute atomic E-state index is 0.568. The Hall–Kier alpha value is -1.35. The number of nitrogens with zero attached hydrogens (tertiary/aromatic N) is 1. The lowest BCUT2D eigenvalue weighted by Crippen LogP contribution is -2.31. The first kappa shape index (κ1) is 12.7. The molecule has 2 heterocycles. The van der Waals surface area contributed by atoms with Crippen LogP contribution in [-0.4, -0.2) is 23.1 Å². The fourth-order valence-electron chi connectivity index (χ4n) is 2.91. The molecule has 2 aromatic rings. The van der Waals surface area contributed by atoms with Crippen molar-refractivity contribution in [3.8, 4) is 0 Å². The molecule has 0 spiro atoms. The summed E-state index contributed by atoms with van der Waals surface area (Å²) >= 11 is 0. The molecule has 1 aromatic heterocycles. The minimum atomic E-state index is 0.568. The lowest BCUT2D eigenvalue weighted by molar-refractivity contribution is 0.371. The number of aromatic amines is 1. The molecule has 1 saturated heterocycles. The van der Waals surface area contributed by atoms with E-state index in [1.165, 1.54) is 30.5 Å². The lowest BCUT2D eigenvalue weighted by Gasteiger charge is -2.21. The standard InChI is InChI=1S/C16H23N3/c1-11(2)13-5-6-14-15(9-13)19-16(18-14)8-12-4-3-7-17-10-12/h5-6,9,11-12,17H,3-4,7-8,10H2,1-2H3,(H,18,19). The van der Waals surface area contributed by atoms with Crippen LogP contribution in [0.4, 0.5) is 0 Å². The summed E-state index contributed by atoms with van der Waals surface area (Å²) < 4.78 is 0. The summed E-state index contributed by atoms with van der Waals surface area (Å²) in [5.74, 6) is 2.45. The average Bonchev–Trinajstić information content (AvgIpc) is 2.80. The summed E-state index contributed by atoms with van der Waals surface area (Å²) in [6, 6.07) is 6.58. The Balaban J connectivity index is 1.80. The number of rotatable bonds is 3. The predicted octanol–water partition coefficient (Wildman–Crippen LogP) is 3.23. The van der Waals surface area contributed by atoms with Crippen molar-refractivity contribution in [2.45, 2.75) is 39.0 Å². The van der Waals surface area contributed by atoms with E-state index >= 15 is 0 Å². The average molecular weight is 257 g/mol. The largest absolute Gasteiger partial charge is 0.342 e. The molecule has 1 aliphatic rings. The Morgan fingerprint density at radius 2 is 2.26 bits per heavy atom. The second kappa shape index (κ2) is 5.33. The van der Waals surface area contributed by atoms with E-state index in [2.05, 4.69) is 42.3 Å². The van der Waals surface area contributed by atoms with Crippen molar-refractivity contribution >= 4 is 11.0 Å². The van der Waals surface area contributed by atoms with Crippen molar-refractivity contribution in [2.24, 2.45) is 5.92 Å². The van der Waals surface area contributed by atoms with Crippen molar-refractivity contribution in [1.82, 2.24) is 15.3 Å². The van der Waals surface area contributed by atoms with Crippen molar-refractivity contribution in [3.63, 3.8) is 0 Å². The van der Waals surface area contributed by atoms with Crippen LogP contribution in [0.1, 0.15) is 44.0 Å². The molecule has 3 nitrogen and oxygen atoms in total. The van der Waals surface area contributed by atoms with Gasteiger partial charge in [-0.2, -0.15) is 0 Å². The van der Waals surface area contributed by atoms with E-state index in [0.29, 0.717) is 5.92 Å². The first-order valence-electron chi connectivity index (χ1n) is 7.41. The fraction of sp³-hybridized carbons (Fsp3) is 0.562. The summed E-state index contributed by atoms with van der Waals surface area (Å²) in [5.41, 5.74) is 3.66. The van der Waals surface area contributed by atoms with Crippen LogP contribution in [0.15, 0.2) is 18.2 Å². The van der Waals surface area contributed by atoms with Gasteiger partial charge in [0.15, 0.2) is 0 Å². The van der Waals surface area contributed by atoms with E-state index in [1.807, 2.05) is 0 Å². The first-order chi connectivity index (χ1) is 9.22. The molecule has 1 fully saturated rings. The first-order valence-corrected chi connectivity index (χ1v) is 7.41. The molecule has 0 saturated carbocycles. The highest BCUT2D eigenvalue weighted by Crippen LogP contribution is 2.21. The molecular formula is C16H23N3. The molecule has 0 amide bonds. The maximum absolute atomic E-state index is 4.72. The molecule has 0 radical (unpaired) electrons. The summed E-state index contributed by atoms with van der Waals surface area (Å²) in [7, 11) is 0. The zero-order chi connectivity index (χ0) is 13.2. The van der Waals surface area contributed by atoms with Gasteiger partial charge in [0, 0.05) is 6.42 Å². The molecule has 1 atom stereocenters. The van der Waals surface area contributed by atoms with Gasteiger partial charge in [-0.1, -0.05) is 19.9 Å². The Morgan fingerprint density at radius 1 is 1.37 bits per heavy atom. The number of hydrogen-bond donors (Lipinski definition) is 2. The topological polar surface area (TPSA) is 40.7 Å². The van der Waals surface area contributed by atoms with Crippen LogP contribution in [-0.2, 0) is 6.42 Å². The minimum Gasteiger partial charge on any atom is -0.342 e. The summed E-state index contributed by atoms with van der Waals surface area (Å²) in [5, 5.41) is 3.47. The molecule has 102 valence electrons. The van der Waals surface area contributed by atoms with Crippen LogP contribution in [0.5, 0.6) is 0 Å². The van der Waals surface area contributed by atoms with Crippen LogP contribution < -0.4 is 5.32 Å². The third-order valence-electron chi connectivity index (χ3n) is 4.10. The van der Waals surface area contributed by atoms with Gasteiger partial charge < -0.3 is 10.3 Å². The molecule has 1 aliphatic heterocycles. The SMILES string of the molecule is CC(C)c1ccc2nc(CC3CCCNC3)[nH]c2c1. The third kappa shape index (κ3) is 2.81. The van der Waals surface area contributed by atoms with E-state index in [0.717, 1.165) is 30.2 Å². The molecule has 0 bridgehead atoms. The van der Waals surface area contributed by atoms with Crippen molar-refractivity contribution in [2.75, 3.05) is 13.1 Å². The zero-order valence-electron chi connectivity index (χ0n) is 11.9. The van der Waals surface area contributed by atoms with E-state index in [1.54, 1.807) is 0 Å². The van der Waals surface area contributed by atoms with Gasteiger partial charge >= 0.3 is 0 Å². The number of piperidine rings is 1. The Kier molecular flexibility index (Phi) is 3.56. The van der Waals surface area contributed by atoms with Gasteiger partial charge in [-0.05, 0) is 55.5 Å². The van der Waals surface area contributed by atoms with Gasteiger partial charge in [0.1, 0.15) is 5.82 Å². The van der Waals surface area contributed by atoms with Crippen LogP contribution in [0.2, 0.25) is 0 Å². The fourth-order valence-corrected chi connectivity index (χ4v) is 2.91. The van der Waals surface area contributed by atoms with Crippen LogP contribution >= 0.6 is 0 Å². The molecule has 19 heavy (non-hydrogen) atoms. The monoisotopic (exact) mass is 257 g/mol. The summed E-state index contributed by atoms with van der Waals surface area (Å²) in [6.45, 7) is 6.76. The number of aromatic nitrogens is 2. The number of fused-ring (bicyclic) bond motifs is 1. The highest BCUT2D eigenvalue weighted by Gasteiger charge is 2.15. The second-order valence-electron chi connectivity index (χ2n) is 6.03. The van der Waals surface area contributed by atoms with Crippen molar-refractivity contribution < 1.29 is 0 Å². The van der Waals surface area contributed by atoms with Gasteiger partial charge in [-0.3, -0.25) is 0 Å². The zero-order valence-corrected chi connectivity index (χ0v) is 11.9. The maximum Gasteiger partial charge on any atom is 0.107 e. The molecule has 0 aliphatic carbocycles. The van der Waals surface area contributed by atoms with Crippen molar-refractivity contribution in [1.29, 1.82) is 0 Å². The molecule has 1 aromatic carbocycles. The summed E-state index contributed by atoms with van der Waals surface area (Å²) in [6.07, 6.45) is 3.68.